The fraction of sp³-hybridized carbons (Fsp3) is 0.500. The lowest BCUT2D eigenvalue weighted by atomic mass is 9.77. The Bertz CT molecular complexity index is 389. The van der Waals surface area contributed by atoms with Crippen molar-refractivity contribution in [3.63, 3.8) is 0 Å². The summed E-state index contributed by atoms with van der Waals surface area (Å²) in [6.07, 6.45) is 6.17. The molecule has 1 aliphatic carbocycles. The number of hydrogen-bond donors (Lipinski definition) is 1. The first kappa shape index (κ1) is 12.2. The topological polar surface area (TPSA) is 12.0 Å². The van der Waals surface area contributed by atoms with Crippen LogP contribution in [0.4, 0.5) is 5.69 Å². The molecule has 17 heavy (non-hydrogen) atoms. The molecule has 0 spiro atoms. The number of hydrogen-bond acceptors (Lipinski definition) is 1. The smallest absolute Gasteiger partial charge is 0.0348 e. The van der Waals surface area contributed by atoms with E-state index >= 15 is 0 Å². The number of allylic oxidation sites excluding steroid dienone is 2. The van der Waals surface area contributed by atoms with Crippen LogP contribution in [0.15, 0.2) is 42.0 Å². The Kier molecular flexibility index (Phi) is 3.56. The largest absolute Gasteiger partial charge is 0.380 e. The van der Waals surface area contributed by atoms with Crippen molar-refractivity contribution >= 4 is 5.69 Å². The van der Waals surface area contributed by atoms with Crippen molar-refractivity contribution in [1.82, 2.24) is 0 Å². The minimum atomic E-state index is 0.165. The third-order valence-corrected chi connectivity index (χ3v) is 3.90. The molecule has 0 bridgehead atoms. The zero-order valence-corrected chi connectivity index (χ0v) is 11.2. The zero-order valence-electron chi connectivity index (χ0n) is 11.2. The Balaban J connectivity index is 2.04. The predicted octanol–water partition coefficient (Wildman–Crippen LogP) is 4.62. The van der Waals surface area contributed by atoms with Crippen molar-refractivity contribution in [1.29, 1.82) is 0 Å². The summed E-state index contributed by atoms with van der Waals surface area (Å²) in [6, 6.07) is 10.5. The van der Waals surface area contributed by atoms with E-state index in [0.717, 1.165) is 5.92 Å². The van der Waals surface area contributed by atoms with Gasteiger partial charge in [0.1, 0.15) is 0 Å². The summed E-state index contributed by atoms with van der Waals surface area (Å²) < 4.78 is 0. The van der Waals surface area contributed by atoms with Gasteiger partial charge in [0.15, 0.2) is 0 Å². The second-order valence-corrected chi connectivity index (χ2v) is 5.73. The maximum absolute atomic E-state index is 3.67. The first-order chi connectivity index (χ1) is 8.08. The van der Waals surface area contributed by atoms with Crippen LogP contribution in [0.5, 0.6) is 0 Å². The van der Waals surface area contributed by atoms with Gasteiger partial charge in [0, 0.05) is 11.2 Å². The molecule has 92 valence electrons. The molecule has 1 nitrogen and oxygen atoms in total. The van der Waals surface area contributed by atoms with Crippen LogP contribution in [0, 0.1) is 5.92 Å². The van der Waals surface area contributed by atoms with E-state index in [1.165, 1.54) is 24.9 Å². The highest BCUT2D eigenvalue weighted by Gasteiger charge is 2.29. The minimum Gasteiger partial charge on any atom is -0.380 e. The molecule has 0 aromatic heterocycles. The van der Waals surface area contributed by atoms with Crippen LogP contribution in [0.3, 0.4) is 0 Å². The van der Waals surface area contributed by atoms with E-state index in [9.17, 15) is 0 Å². The minimum absolute atomic E-state index is 0.165. The zero-order chi connectivity index (χ0) is 12.3. The fourth-order valence-corrected chi connectivity index (χ4v) is 2.62. The summed E-state index contributed by atoms with van der Waals surface area (Å²) in [5.41, 5.74) is 2.94. The molecule has 0 saturated heterocycles. The number of para-hydroxylation sites is 1. The molecule has 1 aromatic rings. The number of rotatable bonds is 3. The van der Waals surface area contributed by atoms with Crippen LogP contribution < -0.4 is 5.32 Å². The maximum Gasteiger partial charge on any atom is 0.0348 e. The lowest BCUT2D eigenvalue weighted by Crippen LogP contribution is -2.40. The van der Waals surface area contributed by atoms with Gasteiger partial charge < -0.3 is 5.32 Å². The summed E-state index contributed by atoms with van der Waals surface area (Å²) in [5.74, 6) is 0.728. The summed E-state index contributed by atoms with van der Waals surface area (Å²) in [6.45, 7) is 6.88. The second kappa shape index (κ2) is 4.95. The predicted molar refractivity (Wildman–Crippen MR) is 75.2 cm³/mol. The molecule has 0 aliphatic heterocycles. The van der Waals surface area contributed by atoms with E-state index in [-0.39, 0.29) is 5.54 Å². The maximum atomic E-state index is 3.67. The summed E-state index contributed by atoms with van der Waals surface area (Å²) in [7, 11) is 0. The fourth-order valence-electron chi connectivity index (χ4n) is 2.62. The van der Waals surface area contributed by atoms with E-state index in [0.29, 0.717) is 0 Å². The monoisotopic (exact) mass is 229 g/mol. The van der Waals surface area contributed by atoms with Crippen LogP contribution in [-0.2, 0) is 0 Å². The molecule has 2 rings (SSSR count). The van der Waals surface area contributed by atoms with E-state index in [2.05, 4.69) is 62.5 Å². The molecular weight excluding hydrogens is 206 g/mol. The van der Waals surface area contributed by atoms with Gasteiger partial charge in [-0.2, -0.15) is 0 Å². The Morgan fingerprint density at radius 2 is 1.88 bits per heavy atom. The average Bonchev–Trinajstić information content (AvgIpc) is 2.30. The van der Waals surface area contributed by atoms with Gasteiger partial charge in [0.25, 0.3) is 0 Å². The van der Waals surface area contributed by atoms with Crippen molar-refractivity contribution in [3.05, 3.63) is 42.0 Å². The third-order valence-electron chi connectivity index (χ3n) is 3.90. The second-order valence-electron chi connectivity index (χ2n) is 5.73. The molecular formula is C16H23N. The normalized spacial score (nSPS) is 20.9. The Hall–Kier alpha value is -1.24. The Morgan fingerprint density at radius 1 is 1.18 bits per heavy atom. The highest BCUT2D eigenvalue weighted by atomic mass is 15.0. The molecule has 0 amide bonds. The molecule has 1 unspecified atom stereocenters. The van der Waals surface area contributed by atoms with Gasteiger partial charge in [-0.15, -0.1) is 0 Å². The van der Waals surface area contributed by atoms with Crippen molar-refractivity contribution in [2.45, 2.75) is 45.6 Å². The van der Waals surface area contributed by atoms with Gasteiger partial charge in [0.05, 0.1) is 0 Å². The van der Waals surface area contributed by atoms with Crippen molar-refractivity contribution in [3.8, 4) is 0 Å². The Morgan fingerprint density at radius 3 is 2.47 bits per heavy atom. The quantitative estimate of drug-likeness (QED) is 0.745. The van der Waals surface area contributed by atoms with Crippen LogP contribution in [0.25, 0.3) is 0 Å². The highest BCUT2D eigenvalue weighted by Crippen LogP contribution is 2.33. The van der Waals surface area contributed by atoms with Gasteiger partial charge in [0.2, 0.25) is 0 Å². The van der Waals surface area contributed by atoms with E-state index in [4.69, 9.17) is 0 Å². The Labute approximate surface area is 105 Å². The standard InChI is InChI=1S/C16H23N/c1-13-9-11-14(12-10-13)16(2,3)17-15-7-5-4-6-8-15/h4-9,14,17H,10-12H2,1-3H3. The molecule has 1 aromatic carbocycles. The lowest BCUT2D eigenvalue weighted by molar-refractivity contribution is 0.319. The summed E-state index contributed by atoms with van der Waals surface area (Å²) in [5, 5.41) is 3.67. The van der Waals surface area contributed by atoms with Crippen LogP contribution >= 0.6 is 0 Å². The molecule has 0 heterocycles. The molecule has 1 heteroatoms. The van der Waals surface area contributed by atoms with E-state index in [1.807, 2.05) is 0 Å². The van der Waals surface area contributed by atoms with Crippen LogP contribution in [0.1, 0.15) is 40.0 Å². The van der Waals surface area contributed by atoms with Crippen molar-refractivity contribution in [2.24, 2.45) is 5.92 Å². The van der Waals surface area contributed by atoms with Gasteiger partial charge in [-0.3, -0.25) is 0 Å². The summed E-state index contributed by atoms with van der Waals surface area (Å²) in [4.78, 5) is 0. The molecule has 1 atom stereocenters. The van der Waals surface area contributed by atoms with E-state index in [1.54, 1.807) is 5.57 Å². The molecule has 1 N–H and O–H groups in total. The van der Waals surface area contributed by atoms with Crippen molar-refractivity contribution < 1.29 is 0 Å². The van der Waals surface area contributed by atoms with Crippen molar-refractivity contribution in [2.75, 3.05) is 5.32 Å². The molecule has 0 fully saturated rings. The average molecular weight is 229 g/mol. The van der Waals surface area contributed by atoms with Crippen LogP contribution in [-0.4, -0.2) is 5.54 Å². The molecule has 1 aliphatic rings. The molecule has 0 saturated carbocycles. The number of anilines is 1. The highest BCUT2D eigenvalue weighted by molar-refractivity contribution is 5.45. The first-order valence-corrected chi connectivity index (χ1v) is 6.57. The molecule has 0 radical (unpaired) electrons. The van der Waals surface area contributed by atoms with Gasteiger partial charge >= 0.3 is 0 Å². The van der Waals surface area contributed by atoms with Gasteiger partial charge in [-0.05, 0) is 58.1 Å². The first-order valence-electron chi connectivity index (χ1n) is 6.57. The third kappa shape index (κ3) is 3.12. The van der Waals surface area contributed by atoms with Gasteiger partial charge in [-0.1, -0.05) is 29.8 Å². The van der Waals surface area contributed by atoms with Crippen LogP contribution in [0.2, 0.25) is 0 Å². The summed E-state index contributed by atoms with van der Waals surface area (Å²) >= 11 is 0. The number of nitrogens with one attached hydrogen (secondary N) is 1. The number of benzene rings is 1. The SMILES string of the molecule is CC1=CCC(C(C)(C)Nc2ccccc2)CC1. The lowest BCUT2D eigenvalue weighted by Gasteiger charge is -2.38. The van der Waals surface area contributed by atoms with Gasteiger partial charge in [-0.25, -0.2) is 0 Å². The van der Waals surface area contributed by atoms with E-state index < -0.39 is 0 Å².